The average molecular weight is 364 g/mol. The van der Waals surface area contributed by atoms with Crippen LogP contribution in [0.25, 0.3) is 0 Å². The summed E-state index contributed by atoms with van der Waals surface area (Å²) in [6.45, 7) is 1.99. The van der Waals surface area contributed by atoms with Crippen LogP contribution in [0.1, 0.15) is 20.8 Å². The molecule has 2 amide bonds. The number of benzene rings is 2. The molecule has 1 aromatic heterocycles. The van der Waals surface area contributed by atoms with Gasteiger partial charge in [-0.25, -0.2) is 0 Å². The Bertz CT molecular complexity index is 859. The van der Waals surface area contributed by atoms with E-state index in [4.69, 9.17) is 0 Å². The Morgan fingerprint density at radius 2 is 1.69 bits per heavy atom. The summed E-state index contributed by atoms with van der Waals surface area (Å²) >= 11 is 1.35. The summed E-state index contributed by atoms with van der Waals surface area (Å²) in [5, 5.41) is 7.59. The molecule has 0 radical (unpaired) electrons. The maximum atomic E-state index is 12.8. The summed E-state index contributed by atoms with van der Waals surface area (Å²) in [5.41, 5.74) is 2.82. The van der Waals surface area contributed by atoms with Crippen LogP contribution in [0.15, 0.2) is 72.1 Å². The summed E-state index contributed by atoms with van der Waals surface area (Å²) < 4.78 is 0. The van der Waals surface area contributed by atoms with Crippen molar-refractivity contribution in [3.63, 3.8) is 0 Å². The third kappa shape index (κ3) is 4.80. The Kier molecular flexibility index (Phi) is 5.81. The second-order valence-electron chi connectivity index (χ2n) is 6.05. The second kappa shape index (κ2) is 8.45. The van der Waals surface area contributed by atoms with E-state index in [0.29, 0.717) is 17.0 Å². The largest absolute Gasteiger partial charge is 0.339 e. The van der Waals surface area contributed by atoms with Crippen molar-refractivity contribution in [1.82, 2.24) is 5.32 Å². The lowest BCUT2D eigenvalue weighted by Crippen LogP contribution is -2.45. The molecular weight excluding hydrogens is 344 g/mol. The van der Waals surface area contributed by atoms with E-state index in [-0.39, 0.29) is 11.8 Å². The molecule has 1 unspecified atom stereocenters. The van der Waals surface area contributed by atoms with Crippen molar-refractivity contribution in [3.05, 3.63) is 88.1 Å². The van der Waals surface area contributed by atoms with E-state index >= 15 is 0 Å². The minimum atomic E-state index is -0.659. The fourth-order valence-electron chi connectivity index (χ4n) is 2.56. The molecule has 3 aromatic rings. The van der Waals surface area contributed by atoms with Crippen LogP contribution in [0.2, 0.25) is 0 Å². The molecular formula is C21H20N2O2S. The first-order valence-electron chi connectivity index (χ1n) is 8.37. The van der Waals surface area contributed by atoms with E-state index in [1.165, 1.54) is 11.3 Å². The van der Waals surface area contributed by atoms with E-state index in [9.17, 15) is 9.59 Å². The molecule has 26 heavy (non-hydrogen) atoms. The average Bonchev–Trinajstić information content (AvgIpc) is 3.19. The monoisotopic (exact) mass is 364 g/mol. The Labute approximate surface area is 156 Å². The first-order chi connectivity index (χ1) is 12.6. The van der Waals surface area contributed by atoms with Gasteiger partial charge in [0.2, 0.25) is 5.91 Å². The van der Waals surface area contributed by atoms with Crippen molar-refractivity contribution in [2.24, 2.45) is 0 Å². The van der Waals surface area contributed by atoms with Gasteiger partial charge < -0.3 is 10.6 Å². The predicted octanol–water partition coefficient (Wildman–Crippen LogP) is 4.04. The molecule has 0 saturated carbocycles. The number of aryl methyl sites for hydroxylation is 1. The molecule has 3 rings (SSSR count). The van der Waals surface area contributed by atoms with Crippen molar-refractivity contribution in [2.75, 3.05) is 5.32 Å². The minimum Gasteiger partial charge on any atom is -0.339 e. The molecule has 0 aliphatic carbocycles. The van der Waals surface area contributed by atoms with Gasteiger partial charge in [-0.05, 0) is 36.1 Å². The minimum absolute atomic E-state index is 0.234. The maximum absolute atomic E-state index is 12.8. The van der Waals surface area contributed by atoms with E-state index in [2.05, 4.69) is 10.6 Å². The number of nitrogens with one attached hydrogen (secondary N) is 2. The third-order valence-electron chi connectivity index (χ3n) is 3.97. The zero-order valence-electron chi connectivity index (χ0n) is 14.4. The van der Waals surface area contributed by atoms with Crippen molar-refractivity contribution in [2.45, 2.75) is 19.4 Å². The van der Waals surface area contributed by atoms with E-state index in [1.807, 2.05) is 73.0 Å². The highest BCUT2D eigenvalue weighted by Crippen LogP contribution is 2.13. The van der Waals surface area contributed by atoms with Crippen molar-refractivity contribution in [3.8, 4) is 0 Å². The molecule has 0 aliphatic rings. The lowest BCUT2D eigenvalue weighted by Gasteiger charge is -2.18. The first-order valence-corrected chi connectivity index (χ1v) is 9.25. The van der Waals surface area contributed by atoms with Crippen LogP contribution in [-0.2, 0) is 11.2 Å². The number of hydrogen-bond donors (Lipinski definition) is 2. The summed E-state index contributed by atoms with van der Waals surface area (Å²) in [4.78, 5) is 25.8. The van der Waals surface area contributed by atoms with Gasteiger partial charge in [0.05, 0.1) is 4.88 Å². The van der Waals surface area contributed by atoms with Crippen LogP contribution < -0.4 is 10.6 Å². The van der Waals surface area contributed by atoms with Gasteiger partial charge in [-0.1, -0.05) is 54.1 Å². The van der Waals surface area contributed by atoms with Crippen molar-refractivity contribution < 1.29 is 9.59 Å². The number of anilines is 1. The zero-order chi connectivity index (χ0) is 18.4. The number of rotatable bonds is 6. The van der Waals surface area contributed by atoms with Crippen molar-refractivity contribution in [1.29, 1.82) is 0 Å². The highest BCUT2D eigenvalue weighted by atomic mass is 32.1. The first kappa shape index (κ1) is 17.9. The summed E-state index contributed by atoms with van der Waals surface area (Å²) in [7, 11) is 0. The smallest absolute Gasteiger partial charge is 0.262 e. The molecule has 0 spiro atoms. The van der Waals surface area contributed by atoms with Crippen LogP contribution >= 0.6 is 11.3 Å². The van der Waals surface area contributed by atoms with Gasteiger partial charge in [0.15, 0.2) is 0 Å². The SMILES string of the molecule is Cc1ccc(NC(=O)C(Cc2ccccc2)NC(=O)c2cccs2)cc1. The summed E-state index contributed by atoms with van der Waals surface area (Å²) in [6.07, 6.45) is 0.426. The van der Waals surface area contributed by atoms with Crippen LogP contribution in [-0.4, -0.2) is 17.9 Å². The zero-order valence-corrected chi connectivity index (χ0v) is 15.3. The molecule has 4 nitrogen and oxygen atoms in total. The molecule has 132 valence electrons. The van der Waals surface area contributed by atoms with E-state index in [0.717, 1.165) is 11.1 Å². The number of thiophene rings is 1. The maximum Gasteiger partial charge on any atom is 0.262 e. The van der Waals surface area contributed by atoms with Crippen LogP contribution in [0.4, 0.5) is 5.69 Å². The molecule has 2 N–H and O–H groups in total. The molecule has 1 atom stereocenters. The summed E-state index contributed by atoms with van der Waals surface area (Å²) in [6, 6.07) is 20.2. The number of hydrogen-bond acceptors (Lipinski definition) is 3. The normalized spacial score (nSPS) is 11.6. The molecule has 2 aromatic carbocycles. The third-order valence-corrected chi connectivity index (χ3v) is 4.84. The van der Waals surface area contributed by atoms with Gasteiger partial charge >= 0.3 is 0 Å². The van der Waals surface area contributed by atoms with E-state index in [1.54, 1.807) is 6.07 Å². The topological polar surface area (TPSA) is 58.2 Å². The van der Waals surface area contributed by atoms with E-state index < -0.39 is 6.04 Å². The van der Waals surface area contributed by atoms with Crippen LogP contribution in [0.3, 0.4) is 0 Å². The Morgan fingerprint density at radius 1 is 0.962 bits per heavy atom. The van der Waals surface area contributed by atoms with Crippen molar-refractivity contribution >= 4 is 28.8 Å². The summed E-state index contributed by atoms with van der Waals surface area (Å²) in [5.74, 6) is -0.470. The van der Waals surface area contributed by atoms with Gasteiger partial charge in [0, 0.05) is 12.1 Å². The lowest BCUT2D eigenvalue weighted by atomic mass is 10.0. The molecule has 1 heterocycles. The molecule has 0 fully saturated rings. The highest BCUT2D eigenvalue weighted by molar-refractivity contribution is 7.12. The Balaban J connectivity index is 1.75. The lowest BCUT2D eigenvalue weighted by molar-refractivity contribution is -0.118. The Hall–Kier alpha value is -2.92. The number of carbonyl (C=O) groups excluding carboxylic acids is 2. The highest BCUT2D eigenvalue weighted by Gasteiger charge is 2.22. The number of amides is 2. The Morgan fingerprint density at radius 3 is 2.35 bits per heavy atom. The van der Waals surface area contributed by atoms with Gasteiger partial charge in [-0.3, -0.25) is 9.59 Å². The number of carbonyl (C=O) groups is 2. The van der Waals surface area contributed by atoms with Gasteiger partial charge in [-0.15, -0.1) is 11.3 Å². The van der Waals surface area contributed by atoms with Gasteiger partial charge in [0.1, 0.15) is 6.04 Å². The molecule has 0 aliphatic heterocycles. The quantitative estimate of drug-likeness (QED) is 0.694. The predicted molar refractivity (Wildman–Crippen MR) is 106 cm³/mol. The fourth-order valence-corrected chi connectivity index (χ4v) is 3.19. The standard InChI is InChI=1S/C21H20N2O2S/c1-15-9-11-17(12-10-15)22-20(24)18(14-16-6-3-2-4-7-16)23-21(25)19-8-5-13-26-19/h2-13,18H,14H2,1H3,(H,22,24)(H,23,25). The molecule has 0 saturated heterocycles. The second-order valence-corrected chi connectivity index (χ2v) is 7.00. The van der Waals surface area contributed by atoms with Gasteiger partial charge in [-0.2, -0.15) is 0 Å². The fraction of sp³-hybridized carbons (Fsp3) is 0.143. The molecule has 0 bridgehead atoms. The van der Waals surface area contributed by atoms with Gasteiger partial charge in [0.25, 0.3) is 5.91 Å². The van der Waals surface area contributed by atoms with Crippen LogP contribution in [0.5, 0.6) is 0 Å². The van der Waals surface area contributed by atoms with Crippen LogP contribution in [0, 0.1) is 6.92 Å². The molecule has 5 heteroatoms.